The number of aliphatic hydroxyl groups is 1. The Morgan fingerprint density at radius 1 is 1.21 bits per heavy atom. The van der Waals surface area contributed by atoms with Crippen molar-refractivity contribution in [2.45, 2.75) is 19.2 Å². The van der Waals surface area contributed by atoms with Crippen molar-refractivity contribution in [3.05, 3.63) is 57.0 Å². The molecule has 0 bridgehead atoms. The summed E-state index contributed by atoms with van der Waals surface area (Å²) in [7, 11) is 0. The third kappa shape index (κ3) is 2.79. The van der Waals surface area contributed by atoms with Gasteiger partial charge in [0.25, 0.3) is 0 Å². The monoisotopic (exact) mass is 290 g/mol. The lowest BCUT2D eigenvalue weighted by Gasteiger charge is -2.13. The molecule has 6 heteroatoms. The van der Waals surface area contributed by atoms with E-state index < -0.39 is 23.7 Å². The van der Waals surface area contributed by atoms with Crippen LogP contribution in [0.2, 0.25) is 0 Å². The average molecular weight is 290 g/mol. The predicted octanol–water partition coefficient (Wildman–Crippen LogP) is 4.30. The highest BCUT2D eigenvalue weighted by Crippen LogP contribution is 2.34. The molecular weight excluding hydrogens is 280 g/mol. The van der Waals surface area contributed by atoms with E-state index in [1.165, 1.54) is 11.3 Å². The molecular formula is C13H10F4OS. The second kappa shape index (κ2) is 4.94. The summed E-state index contributed by atoms with van der Waals surface area (Å²) in [5, 5.41) is 13.5. The van der Waals surface area contributed by atoms with Gasteiger partial charge >= 0.3 is 6.18 Å². The molecule has 0 fully saturated rings. The van der Waals surface area contributed by atoms with Gasteiger partial charge in [-0.1, -0.05) is 6.07 Å². The van der Waals surface area contributed by atoms with Gasteiger partial charge in [-0.3, -0.25) is 0 Å². The molecule has 0 aliphatic carbocycles. The molecule has 1 unspecified atom stereocenters. The first kappa shape index (κ1) is 14.0. The molecule has 0 saturated heterocycles. The number of aliphatic hydroxyl groups excluding tert-OH is 1. The minimum atomic E-state index is -4.73. The van der Waals surface area contributed by atoms with E-state index in [9.17, 15) is 22.7 Å². The van der Waals surface area contributed by atoms with Gasteiger partial charge in [0.05, 0.1) is 5.56 Å². The highest BCUT2D eigenvalue weighted by atomic mass is 32.1. The quantitative estimate of drug-likeness (QED) is 0.818. The smallest absolute Gasteiger partial charge is 0.384 e. The molecule has 1 atom stereocenters. The normalized spacial score (nSPS) is 13.6. The Bertz CT molecular complexity index is 589. The molecule has 102 valence electrons. The molecule has 2 rings (SSSR count). The van der Waals surface area contributed by atoms with Gasteiger partial charge in [-0.05, 0) is 46.5 Å². The summed E-state index contributed by atoms with van der Waals surface area (Å²) >= 11 is 1.37. The summed E-state index contributed by atoms with van der Waals surface area (Å²) in [5.74, 6) is -1.38. The van der Waals surface area contributed by atoms with Crippen molar-refractivity contribution in [3.8, 4) is 0 Å². The number of benzene rings is 1. The van der Waals surface area contributed by atoms with Gasteiger partial charge in [0, 0.05) is 0 Å². The molecule has 0 saturated carbocycles. The molecule has 1 aromatic heterocycles. The second-order valence-corrected chi connectivity index (χ2v) is 4.89. The third-order valence-electron chi connectivity index (χ3n) is 2.80. The van der Waals surface area contributed by atoms with Crippen LogP contribution in [-0.4, -0.2) is 5.11 Å². The number of alkyl halides is 3. The van der Waals surface area contributed by atoms with Gasteiger partial charge in [-0.25, -0.2) is 4.39 Å². The Hall–Kier alpha value is -1.40. The van der Waals surface area contributed by atoms with Gasteiger partial charge in [0.1, 0.15) is 11.9 Å². The highest BCUT2D eigenvalue weighted by Gasteiger charge is 2.34. The van der Waals surface area contributed by atoms with Crippen LogP contribution in [0.25, 0.3) is 0 Å². The van der Waals surface area contributed by atoms with E-state index in [-0.39, 0.29) is 5.56 Å². The van der Waals surface area contributed by atoms with E-state index in [1.54, 1.807) is 17.7 Å². The largest absolute Gasteiger partial charge is 0.419 e. The summed E-state index contributed by atoms with van der Waals surface area (Å²) in [6.45, 7) is 1.77. The van der Waals surface area contributed by atoms with Gasteiger partial charge in [-0.2, -0.15) is 24.5 Å². The average Bonchev–Trinajstić information content (AvgIpc) is 2.72. The second-order valence-electron chi connectivity index (χ2n) is 4.15. The van der Waals surface area contributed by atoms with Crippen molar-refractivity contribution < 1.29 is 22.7 Å². The van der Waals surface area contributed by atoms with Gasteiger partial charge in [-0.15, -0.1) is 0 Å². The van der Waals surface area contributed by atoms with Crippen LogP contribution in [-0.2, 0) is 6.18 Å². The van der Waals surface area contributed by atoms with Crippen LogP contribution in [0.3, 0.4) is 0 Å². The van der Waals surface area contributed by atoms with Crippen LogP contribution in [0.5, 0.6) is 0 Å². The van der Waals surface area contributed by atoms with Crippen molar-refractivity contribution in [2.75, 3.05) is 0 Å². The van der Waals surface area contributed by atoms with Gasteiger partial charge < -0.3 is 5.11 Å². The van der Waals surface area contributed by atoms with E-state index in [1.807, 2.05) is 0 Å². The predicted molar refractivity (Wildman–Crippen MR) is 64.5 cm³/mol. The minimum Gasteiger partial charge on any atom is -0.384 e. The van der Waals surface area contributed by atoms with E-state index in [4.69, 9.17) is 0 Å². The Kier molecular flexibility index (Phi) is 3.64. The fourth-order valence-corrected chi connectivity index (χ4v) is 2.63. The SMILES string of the molecule is Cc1cscc1C(O)c1ccc(C(F)(F)F)c(F)c1. The lowest BCUT2D eigenvalue weighted by Crippen LogP contribution is -2.09. The number of thiophene rings is 1. The molecule has 0 amide bonds. The lowest BCUT2D eigenvalue weighted by atomic mass is 10.00. The Balaban J connectivity index is 2.38. The zero-order valence-electron chi connectivity index (χ0n) is 9.83. The van der Waals surface area contributed by atoms with Crippen molar-refractivity contribution >= 4 is 11.3 Å². The number of aryl methyl sites for hydroxylation is 1. The van der Waals surface area contributed by atoms with Gasteiger partial charge in [0.15, 0.2) is 0 Å². The molecule has 0 aliphatic heterocycles. The summed E-state index contributed by atoms with van der Waals surface area (Å²) in [4.78, 5) is 0. The van der Waals surface area contributed by atoms with E-state index in [0.29, 0.717) is 11.6 Å². The molecule has 0 aliphatic rings. The van der Waals surface area contributed by atoms with Crippen LogP contribution in [0.1, 0.15) is 28.4 Å². The molecule has 2 aromatic rings. The summed E-state index contributed by atoms with van der Waals surface area (Å²) in [6.07, 6.45) is -5.85. The van der Waals surface area contributed by atoms with Crippen LogP contribution in [0, 0.1) is 12.7 Å². The first-order valence-corrected chi connectivity index (χ1v) is 6.32. The molecule has 0 radical (unpaired) electrons. The van der Waals surface area contributed by atoms with Crippen molar-refractivity contribution in [3.63, 3.8) is 0 Å². The number of rotatable bonds is 2. The molecule has 1 N–H and O–H groups in total. The fourth-order valence-electron chi connectivity index (χ4n) is 1.76. The standard InChI is InChI=1S/C13H10F4OS/c1-7-5-19-6-9(7)12(18)8-2-3-10(11(14)4-8)13(15,16)17/h2-6,12,18H,1H3. The first-order valence-electron chi connectivity index (χ1n) is 5.38. The summed E-state index contributed by atoms with van der Waals surface area (Å²) in [5.41, 5.74) is 0.166. The van der Waals surface area contributed by atoms with Crippen molar-refractivity contribution in [2.24, 2.45) is 0 Å². The lowest BCUT2D eigenvalue weighted by molar-refractivity contribution is -0.140. The van der Waals surface area contributed by atoms with Crippen LogP contribution in [0.4, 0.5) is 17.6 Å². The van der Waals surface area contributed by atoms with E-state index >= 15 is 0 Å². The zero-order valence-corrected chi connectivity index (χ0v) is 10.6. The number of hydrogen-bond acceptors (Lipinski definition) is 2. The maximum Gasteiger partial charge on any atom is 0.419 e. The molecule has 1 nitrogen and oxygen atoms in total. The fraction of sp³-hybridized carbons (Fsp3) is 0.231. The van der Waals surface area contributed by atoms with Crippen LogP contribution in [0.15, 0.2) is 29.0 Å². The number of hydrogen-bond donors (Lipinski definition) is 1. The first-order chi connectivity index (χ1) is 8.80. The Labute approximate surface area is 111 Å². The maximum atomic E-state index is 13.4. The topological polar surface area (TPSA) is 20.2 Å². The van der Waals surface area contributed by atoms with Crippen LogP contribution >= 0.6 is 11.3 Å². The minimum absolute atomic E-state index is 0.104. The zero-order chi connectivity index (χ0) is 14.2. The molecule has 1 aromatic carbocycles. The van der Waals surface area contributed by atoms with E-state index in [0.717, 1.165) is 17.7 Å². The van der Waals surface area contributed by atoms with Crippen molar-refractivity contribution in [1.82, 2.24) is 0 Å². The van der Waals surface area contributed by atoms with E-state index in [2.05, 4.69) is 0 Å². The molecule has 19 heavy (non-hydrogen) atoms. The molecule has 1 heterocycles. The third-order valence-corrected chi connectivity index (χ3v) is 3.68. The van der Waals surface area contributed by atoms with Gasteiger partial charge in [0.2, 0.25) is 0 Å². The maximum absolute atomic E-state index is 13.4. The molecule has 0 spiro atoms. The Morgan fingerprint density at radius 3 is 2.37 bits per heavy atom. The van der Waals surface area contributed by atoms with Crippen LogP contribution < -0.4 is 0 Å². The summed E-state index contributed by atoms with van der Waals surface area (Å²) in [6, 6.07) is 2.47. The summed E-state index contributed by atoms with van der Waals surface area (Å²) < 4.78 is 50.7. The highest BCUT2D eigenvalue weighted by molar-refractivity contribution is 7.08. The Morgan fingerprint density at radius 2 is 1.89 bits per heavy atom. The number of halogens is 4. The van der Waals surface area contributed by atoms with Crippen molar-refractivity contribution in [1.29, 1.82) is 0 Å².